The summed E-state index contributed by atoms with van der Waals surface area (Å²) in [5.41, 5.74) is 10.2. The minimum Gasteiger partial charge on any atom is -0.344 e. The zero-order valence-electron chi connectivity index (χ0n) is 11.3. The summed E-state index contributed by atoms with van der Waals surface area (Å²) in [6.07, 6.45) is 1.12. The lowest BCUT2D eigenvalue weighted by molar-refractivity contribution is 0.647. The number of imidazole rings is 1. The molecule has 0 fully saturated rings. The second-order valence-corrected chi connectivity index (χ2v) is 5.16. The van der Waals surface area contributed by atoms with Crippen molar-refractivity contribution in [1.29, 1.82) is 0 Å². The van der Waals surface area contributed by atoms with Crippen molar-refractivity contribution >= 4 is 0 Å². The largest absolute Gasteiger partial charge is 0.344 e. The fraction of sp³-hybridized carbons (Fsp3) is 0.400. The van der Waals surface area contributed by atoms with Crippen LogP contribution in [0, 0.1) is 12.8 Å². The van der Waals surface area contributed by atoms with Crippen molar-refractivity contribution in [2.45, 2.75) is 33.7 Å². The molecule has 0 spiro atoms. The zero-order chi connectivity index (χ0) is 13.1. The highest BCUT2D eigenvalue weighted by molar-refractivity contribution is 5.62. The molecule has 3 heteroatoms. The maximum Gasteiger partial charge on any atom is 0.120 e. The summed E-state index contributed by atoms with van der Waals surface area (Å²) in [7, 11) is 0. The second kappa shape index (κ2) is 5.36. The molecule has 0 bridgehead atoms. The average molecular weight is 243 g/mol. The molecule has 2 aromatic rings. The van der Waals surface area contributed by atoms with Gasteiger partial charge in [0.05, 0.1) is 12.2 Å². The Morgan fingerprint density at radius 3 is 2.39 bits per heavy atom. The number of nitrogens with zero attached hydrogens (tertiary/aromatic N) is 1. The fourth-order valence-corrected chi connectivity index (χ4v) is 2.17. The van der Waals surface area contributed by atoms with E-state index in [0.29, 0.717) is 12.5 Å². The predicted octanol–water partition coefficient (Wildman–Crippen LogP) is 3.04. The summed E-state index contributed by atoms with van der Waals surface area (Å²) in [5, 5.41) is 0. The molecule has 3 N–H and O–H groups in total. The van der Waals surface area contributed by atoms with Gasteiger partial charge < -0.3 is 10.7 Å². The number of benzene rings is 1. The van der Waals surface area contributed by atoms with Crippen molar-refractivity contribution in [1.82, 2.24) is 9.97 Å². The van der Waals surface area contributed by atoms with Gasteiger partial charge in [-0.15, -0.1) is 0 Å². The van der Waals surface area contributed by atoms with Crippen molar-refractivity contribution in [2.75, 3.05) is 0 Å². The van der Waals surface area contributed by atoms with Crippen LogP contribution in [0.5, 0.6) is 0 Å². The van der Waals surface area contributed by atoms with Gasteiger partial charge in [-0.3, -0.25) is 0 Å². The van der Waals surface area contributed by atoms with Gasteiger partial charge in [-0.1, -0.05) is 38.1 Å². The third-order valence-corrected chi connectivity index (χ3v) is 3.00. The molecule has 2 rings (SSSR count). The number of aromatic nitrogens is 2. The number of rotatable bonds is 4. The van der Waals surface area contributed by atoms with Gasteiger partial charge in [0.25, 0.3) is 0 Å². The van der Waals surface area contributed by atoms with E-state index < -0.39 is 0 Å². The first-order valence-corrected chi connectivity index (χ1v) is 6.45. The number of nitrogens with one attached hydrogen (secondary N) is 1. The van der Waals surface area contributed by atoms with E-state index in [1.807, 2.05) is 6.92 Å². The van der Waals surface area contributed by atoms with Crippen molar-refractivity contribution in [3.8, 4) is 11.3 Å². The van der Waals surface area contributed by atoms with Crippen LogP contribution >= 0.6 is 0 Å². The van der Waals surface area contributed by atoms with Crippen LogP contribution in [-0.2, 0) is 13.0 Å². The molecule has 3 nitrogen and oxygen atoms in total. The number of aryl methyl sites for hydroxylation is 1. The fourth-order valence-electron chi connectivity index (χ4n) is 2.17. The summed E-state index contributed by atoms with van der Waals surface area (Å²) in [5.74, 6) is 1.53. The van der Waals surface area contributed by atoms with Gasteiger partial charge >= 0.3 is 0 Å². The summed E-state index contributed by atoms with van der Waals surface area (Å²) < 4.78 is 0. The quantitative estimate of drug-likeness (QED) is 0.867. The van der Waals surface area contributed by atoms with Crippen molar-refractivity contribution < 1.29 is 0 Å². The van der Waals surface area contributed by atoms with Crippen LogP contribution in [0.25, 0.3) is 11.3 Å². The average Bonchev–Trinajstić information content (AvgIpc) is 2.71. The highest BCUT2D eigenvalue weighted by Crippen LogP contribution is 2.22. The first-order chi connectivity index (χ1) is 8.60. The van der Waals surface area contributed by atoms with Crippen LogP contribution in [0.3, 0.4) is 0 Å². The van der Waals surface area contributed by atoms with Crippen LogP contribution in [-0.4, -0.2) is 9.97 Å². The molecule has 0 aliphatic heterocycles. The lowest BCUT2D eigenvalue weighted by Gasteiger charge is -2.05. The molecule has 1 aromatic carbocycles. The van der Waals surface area contributed by atoms with E-state index in [9.17, 15) is 0 Å². The normalized spacial score (nSPS) is 11.2. The highest BCUT2D eigenvalue weighted by atomic mass is 15.0. The Labute approximate surface area is 108 Å². The van der Waals surface area contributed by atoms with Crippen molar-refractivity contribution in [3.05, 3.63) is 41.3 Å². The van der Waals surface area contributed by atoms with Crippen molar-refractivity contribution in [3.63, 3.8) is 0 Å². The molecule has 0 unspecified atom stereocenters. The van der Waals surface area contributed by atoms with E-state index in [2.05, 4.69) is 48.1 Å². The van der Waals surface area contributed by atoms with E-state index in [0.717, 1.165) is 29.2 Å². The standard InChI is InChI=1S/C15H21N3/c1-10(2)8-12-4-6-13(7-5-12)15-11(3)17-14(9-16)18-15/h4-7,10H,8-9,16H2,1-3H3,(H,17,18). The molecule has 1 heterocycles. The van der Waals surface area contributed by atoms with Crippen LogP contribution in [0.2, 0.25) is 0 Å². The minimum atomic E-state index is 0.451. The Hall–Kier alpha value is -1.61. The molecule has 0 saturated carbocycles. The SMILES string of the molecule is Cc1[nH]c(CN)nc1-c1ccc(CC(C)C)cc1. The van der Waals surface area contributed by atoms with Crippen molar-refractivity contribution in [2.24, 2.45) is 11.7 Å². The van der Waals surface area contributed by atoms with Crippen LogP contribution in [0.15, 0.2) is 24.3 Å². The van der Waals surface area contributed by atoms with Crippen LogP contribution in [0.1, 0.15) is 30.9 Å². The maximum atomic E-state index is 5.60. The van der Waals surface area contributed by atoms with E-state index >= 15 is 0 Å². The highest BCUT2D eigenvalue weighted by Gasteiger charge is 2.08. The zero-order valence-corrected chi connectivity index (χ0v) is 11.3. The van der Waals surface area contributed by atoms with Gasteiger partial charge in [0.15, 0.2) is 0 Å². The molecule has 0 amide bonds. The van der Waals surface area contributed by atoms with Crippen LogP contribution in [0.4, 0.5) is 0 Å². The molecule has 0 aliphatic carbocycles. The van der Waals surface area contributed by atoms with Gasteiger partial charge in [-0.05, 0) is 24.8 Å². The number of aromatic amines is 1. The molecule has 0 atom stereocenters. The van der Waals surface area contributed by atoms with Gasteiger partial charge in [0, 0.05) is 11.3 Å². The smallest absolute Gasteiger partial charge is 0.120 e. The van der Waals surface area contributed by atoms with E-state index in [4.69, 9.17) is 5.73 Å². The molecule has 1 aromatic heterocycles. The molecule has 0 saturated heterocycles. The molecule has 18 heavy (non-hydrogen) atoms. The van der Waals surface area contributed by atoms with Crippen LogP contribution < -0.4 is 5.73 Å². The lowest BCUT2D eigenvalue weighted by Crippen LogP contribution is -1.98. The summed E-state index contributed by atoms with van der Waals surface area (Å²) in [6.45, 7) is 6.95. The van der Waals surface area contributed by atoms with Gasteiger partial charge in [-0.2, -0.15) is 0 Å². The first kappa shape index (κ1) is 12.8. The lowest BCUT2D eigenvalue weighted by atomic mass is 10.0. The van der Waals surface area contributed by atoms with Gasteiger partial charge in [-0.25, -0.2) is 4.98 Å². The second-order valence-electron chi connectivity index (χ2n) is 5.16. The minimum absolute atomic E-state index is 0.451. The third kappa shape index (κ3) is 2.79. The Balaban J connectivity index is 2.25. The van der Waals surface area contributed by atoms with Gasteiger partial charge in [0.2, 0.25) is 0 Å². The molecule has 96 valence electrons. The summed E-state index contributed by atoms with van der Waals surface area (Å²) in [6, 6.07) is 8.65. The van der Waals surface area contributed by atoms with Gasteiger partial charge in [0.1, 0.15) is 5.82 Å². The molecule has 0 radical (unpaired) electrons. The molecule has 0 aliphatic rings. The predicted molar refractivity (Wildman–Crippen MR) is 75.2 cm³/mol. The third-order valence-electron chi connectivity index (χ3n) is 3.00. The maximum absolute atomic E-state index is 5.60. The Morgan fingerprint density at radius 2 is 1.89 bits per heavy atom. The molecular weight excluding hydrogens is 222 g/mol. The first-order valence-electron chi connectivity index (χ1n) is 6.45. The number of hydrogen-bond acceptors (Lipinski definition) is 2. The van der Waals surface area contributed by atoms with E-state index in [-0.39, 0.29) is 0 Å². The Kier molecular flexibility index (Phi) is 3.82. The Morgan fingerprint density at radius 1 is 1.22 bits per heavy atom. The van der Waals surface area contributed by atoms with E-state index in [1.54, 1.807) is 0 Å². The number of nitrogens with two attached hydrogens (primary N) is 1. The monoisotopic (exact) mass is 243 g/mol. The molecular formula is C15H21N3. The topological polar surface area (TPSA) is 54.7 Å². The Bertz CT molecular complexity index is 509. The number of H-pyrrole nitrogens is 1. The summed E-state index contributed by atoms with van der Waals surface area (Å²) >= 11 is 0. The van der Waals surface area contributed by atoms with E-state index in [1.165, 1.54) is 5.56 Å². The summed E-state index contributed by atoms with van der Waals surface area (Å²) in [4.78, 5) is 7.71. The number of hydrogen-bond donors (Lipinski definition) is 2.